The van der Waals surface area contributed by atoms with E-state index in [1.165, 1.54) is 83.8 Å². The monoisotopic (exact) mass is 370 g/mol. The van der Waals surface area contributed by atoms with E-state index in [0.29, 0.717) is 6.61 Å². The highest BCUT2D eigenvalue weighted by atomic mass is 16.2. The van der Waals surface area contributed by atoms with E-state index in [-0.39, 0.29) is 0 Å². The minimum Gasteiger partial charge on any atom is -0.396 e. The van der Waals surface area contributed by atoms with Crippen LogP contribution in [0.4, 0.5) is 0 Å². The van der Waals surface area contributed by atoms with E-state index in [0.717, 1.165) is 45.7 Å². The Bertz CT molecular complexity index is 265. The first-order valence-corrected chi connectivity index (χ1v) is 11.4. The maximum absolute atomic E-state index is 8.77. The Hall–Kier alpha value is -0.200. The molecule has 4 N–H and O–H groups in total. The summed E-state index contributed by atoms with van der Waals surface area (Å²) in [5.74, 6) is 0. The molecule has 0 radical (unpaired) electrons. The molecule has 0 aromatic rings. The summed E-state index contributed by atoms with van der Waals surface area (Å²) in [6, 6.07) is 0. The lowest BCUT2D eigenvalue weighted by atomic mass is 10.1. The molecular formula is C21H46N4O. The molecule has 1 rings (SSSR count). The highest BCUT2D eigenvalue weighted by Gasteiger charge is 2.05. The third-order valence-corrected chi connectivity index (χ3v) is 5.25. The van der Waals surface area contributed by atoms with Gasteiger partial charge < -0.3 is 26.0 Å². The molecule has 0 amide bonds. The molecule has 1 saturated heterocycles. The van der Waals surface area contributed by atoms with Gasteiger partial charge in [0, 0.05) is 32.8 Å². The molecule has 1 aliphatic heterocycles. The van der Waals surface area contributed by atoms with E-state index >= 15 is 0 Å². The summed E-state index contributed by atoms with van der Waals surface area (Å²) >= 11 is 0. The molecule has 1 fully saturated rings. The highest BCUT2D eigenvalue weighted by Crippen LogP contribution is 2.10. The molecule has 1 heterocycles. The van der Waals surface area contributed by atoms with Crippen molar-refractivity contribution in [2.75, 3.05) is 65.5 Å². The van der Waals surface area contributed by atoms with Crippen LogP contribution in [0.2, 0.25) is 0 Å². The van der Waals surface area contributed by atoms with Gasteiger partial charge in [0.25, 0.3) is 0 Å². The molecule has 5 heteroatoms. The third-order valence-electron chi connectivity index (χ3n) is 5.25. The summed E-state index contributed by atoms with van der Waals surface area (Å²) in [6.45, 7) is 10.7. The molecule has 0 unspecified atom stereocenters. The maximum atomic E-state index is 8.77. The number of hydrogen-bond acceptors (Lipinski definition) is 5. The molecule has 0 atom stereocenters. The molecule has 1 aliphatic rings. The van der Waals surface area contributed by atoms with Crippen LogP contribution in [0.15, 0.2) is 0 Å². The Morgan fingerprint density at radius 3 is 1.73 bits per heavy atom. The fourth-order valence-corrected chi connectivity index (χ4v) is 3.58. The molecule has 0 bridgehead atoms. The van der Waals surface area contributed by atoms with E-state index in [9.17, 15) is 0 Å². The van der Waals surface area contributed by atoms with Crippen molar-refractivity contribution in [1.82, 2.24) is 20.9 Å². The van der Waals surface area contributed by atoms with Gasteiger partial charge in [-0.2, -0.15) is 0 Å². The Labute approximate surface area is 162 Å². The summed E-state index contributed by atoms with van der Waals surface area (Å²) in [4.78, 5) is 2.66. The Kier molecular flexibility index (Phi) is 17.9. The molecule has 156 valence electrons. The van der Waals surface area contributed by atoms with Crippen LogP contribution < -0.4 is 16.0 Å². The smallest absolute Gasteiger partial charge is 0.0431 e. The molecule has 0 aliphatic carbocycles. The predicted molar refractivity (Wildman–Crippen MR) is 113 cm³/mol. The lowest BCUT2D eigenvalue weighted by Gasteiger charge is -2.23. The summed E-state index contributed by atoms with van der Waals surface area (Å²) in [7, 11) is 0. The van der Waals surface area contributed by atoms with E-state index in [1.54, 1.807) is 0 Å². The van der Waals surface area contributed by atoms with Crippen molar-refractivity contribution >= 4 is 0 Å². The largest absolute Gasteiger partial charge is 0.396 e. The summed E-state index contributed by atoms with van der Waals surface area (Å²) in [6.07, 6.45) is 14.2. The standard InChI is InChI=1S/C21H46N4O/c26-21-9-7-5-3-1-2-4-6-8-18-25-19-11-14-23-16-15-22-12-10-13-24-17-20-25/h22-24,26H,1-21H2. The van der Waals surface area contributed by atoms with Gasteiger partial charge >= 0.3 is 0 Å². The molecule has 0 spiro atoms. The zero-order valence-electron chi connectivity index (χ0n) is 17.2. The fraction of sp³-hybridized carbons (Fsp3) is 1.00. The van der Waals surface area contributed by atoms with Crippen molar-refractivity contribution in [2.24, 2.45) is 0 Å². The van der Waals surface area contributed by atoms with Gasteiger partial charge in [-0.1, -0.05) is 44.9 Å². The molecule has 5 nitrogen and oxygen atoms in total. The second-order valence-corrected chi connectivity index (χ2v) is 7.70. The van der Waals surface area contributed by atoms with Crippen LogP contribution in [-0.2, 0) is 0 Å². The van der Waals surface area contributed by atoms with Gasteiger partial charge in [-0.3, -0.25) is 0 Å². The van der Waals surface area contributed by atoms with Crippen LogP contribution >= 0.6 is 0 Å². The van der Waals surface area contributed by atoms with Crippen molar-refractivity contribution in [3.63, 3.8) is 0 Å². The topological polar surface area (TPSA) is 59.6 Å². The highest BCUT2D eigenvalue weighted by molar-refractivity contribution is 4.64. The van der Waals surface area contributed by atoms with Gasteiger partial charge in [0.2, 0.25) is 0 Å². The van der Waals surface area contributed by atoms with Gasteiger partial charge in [0.05, 0.1) is 0 Å². The SMILES string of the molecule is OCCCCCCCCCCCN1CCCNCCNCCCNCC1. The van der Waals surface area contributed by atoms with Crippen LogP contribution in [0.25, 0.3) is 0 Å². The van der Waals surface area contributed by atoms with Crippen LogP contribution in [0.1, 0.15) is 70.6 Å². The van der Waals surface area contributed by atoms with Crippen LogP contribution in [0.3, 0.4) is 0 Å². The van der Waals surface area contributed by atoms with Gasteiger partial charge in [-0.15, -0.1) is 0 Å². The first-order chi connectivity index (χ1) is 12.9. The lowest BCUT2D eigenvalue weighted by Crippen LogP contribution is -2.37. The average Bonchev–Trinajstić information content (AvgIpc) is 2.66. The van der Waals surface area contributed by atoms with E-state index in [4.69, 9.17) is 5.11 Å². The number of nitrogens with zero attached hydrogens (tertiary/aromatic N) is 1. The number of unbranched alkanes of at least 4 members (excludes halogenated alkanes) is 8. The Balaban J connectivity index is 2.02. The number of aliphatic hydroxyl groups excluding tert-OH is 1. The van der Waals surface area contributed by atoms with E-state index < -0.39 is 0 Å². The van der Waals surface area contributed by atoms with E-state index in [2.05, 4.69) is 20.9 Å². The third kappa shape index (κ3) is 16.0. The Morgan fingerprint density at radius 1 is 0.538 bits per heavy atom. The molecule has 0 aromatic heterocycles. The Morgan fingerprint density at radius 2 is 1.08 bits per heavy atom. The van der Waals surface area contributed by atoms with Crippen LogP contribution in [0.5, 0.6) is 0 Å². The molecule has 0 aromatic carbocycles. The quantitative estimate of drug-likeness (QED) is 0.421. The minimum atomic E-state index is 0.360. The van der Waals surface area contributed by atoms with Crippen molar-refractivity contribution < 1.29 is 5.11 Å². The van der Waals surface area contributed by atoms with Crippen LogP contribution in [-0.4, -0.2) is 75.5 Å². The number of rotatable bonds is 11. The predicted octanol–water partition coefficient (Wildman–Crippen LogP) is 2.35. The first-order valence-electron chi connectivity index (χ1n) is 11.4. The summed E-state index contributed by atoms with van der Waals surface area (Å²) in [5, 5.41) is 19.4. The van der Waals surface area contributed by atoms with Gasteiger partial charge in [-0.25, -0.2) is 0 Å². The summed E-state index contributed by atoms with van der Waals surface area (Å²) < 4.78 is 0. The van der Waals surface area contributed by atoms with Crippen molar-refractivity contribution in [3.05, 3.63) is 0 Å². The molecular weight excluding hydrogens is 324 g/mol. The van der Waals surface area contributed by atoms with Gasteiger partial charge in [0.15, 0.2) is 0 Å². The average molecular weight is 371 g/mol. The minimum absolute atomic E-state index is 0.360. The number of hydrogen-bond donors (Lipinski definition) is 4. The summed E-state index contributed by atoms with van der Waals surface area (Å²) in [5.41, 5.74) is 0. The van der Waals surface area contributed by atoms with E-state index in [1.807, 2.05) is 0 Å². The first kappa shape index (κ1) is 23.8. The zero-order valence-corrected chi connectivity index (χ0v) is 17.2. The number of aliphatic hydroxyl groups is 1. The maximum Gasteiger partial charge on any atom is 0.0431 e. The lowest BCUT2D eigenvalue weighted by molar-refractivity contribution is 0.261. The van der Waals surface area contributed by atoms with Gasteiger partial charge in [0.1, 0.15) is 0 Å². The molecule has 0 saturated carbocycles. The van der Waals surface area contributed by atoms with Crippen molar-refractivity contribution in [1.29, 1.82) is 0 Å². The zero-order chi connectivity index (χ0) is 18.5. The van der Waals surface area contributed by atoms with Crippen molar-refractivity contribution in [2.45, 2.75) is 70.6 Å². The van der Waals surface area contributed by atoms with Crippen molar-refractivity contribution in [3.8, 4) is 0 Å². The second-order valence-electron chi connectivity index (χ2n) is 7.70. The second kappa shape index (κ2) is 19.6. The number of nitrogens with one attached hydrogen (secondary N) is 3. The van der Waals surface area contributed by atoms with Gasteiger partial charge in [-0.05, 0) is 58.4 Å². The molecule has 26 heavy (non-hydrogen) atoms. The fourth-order valence-electron chi connectivity index (χ4n) is 3.58. The van der Waals surface area contributed by atoms with Crippen LogP contribution in [0, 0.1) is 0 Å². The normalized spacial score (nSPS) is 19.3.